The molecule has 18 heavy (non-hydrogen) atoms. The molecule has 0 saturated heterocycles. The van der Waals surface area contributed by atoms with E-state index in [9.17, 15) is 5.11 Å². The highest BCUT2D eigenvalue weighted by Crippen LogP contribution is 2.31. The van der Waals surface area contributed by atoms with Crippen LogP contribution in [0.2, 0.25) is 0 Å². The molecule has 2 aromatic rings. The van der Waals surface area contributed by atoms with Crippen molar-refractivity contribution in [2.45, 2.75) is 19.1 Å². The molecule has 0 heterocycles. The van der Waals surface area contributed by atoms with Crippen LogP contribution in [0.1, 0.15) is 28.9 Å². The van der Waals surface area contributed by atoms with Crippen LogP contribution in [0, 0.1) is 6.92 Å². The topological polar surface area (TPSA) is 29.5 Å². The van der Waals surface area contributed by atoms with E-state index in [-0.39, 0.29) is 6.10 Å². The Balaban J connectivity index is 2.28. The van der Waals surface area contributed by atoms with E-state index in [1.165, 1.54) is 0 Å². The van der Waals surface area contributed by atoms with Gasteiger partial charge in [0.2, 0.25) is 0 Å². The van der Waals surface area contributed by atoms with E-state index in [0.29, 0.717) is 0 Å². The molecule has 2 nitrogen and oxygen atoms in total. The standard InChI is InChI=1S/C16H18O2/c1-12-7-6-10-14(11-12)15(17)16(18-2)13-8-4-3-5-9-13/h3-11,15-17H,1-2H3. The molecule has 94 valence electrons. The van der Waals surface area contributed by atoms with Crippen LogP contribution in [0.5, 0.6) is 0 Å². The maximum Gasteiger partial charge on any atom is 0.112 e. The number of aliphatic hydroxyl groups is 1. The van der Waals surface area contributed by atoms with E-state index in [4.69, 9.17) is 4.74 Å². The lowest BCUT2D eigenvalue weighted by Crippen LogP contribution is -2.13. The van der Waals surface area contributed by atoms with Crippen molar-refractivity contribution in [1.82, 2.24) is 0 Å². The van der Waals surface area contributed by atoms with E-state index in [1.807, 2.05) is 61.5 Å². The van der Waals surface area contributed by atoms with Crippen LogP contribution in [-0.4, -0.2) is 12.2 Å². The third-order valence-electron chi connectivity index (χ3n) is 3.05. The maximum atomic E-state index is 10.4. The average molecular weight is 242 g/mol. The normalized spacial score (nSPS) is 14.2. The van der Waals surface area contributed by atoms with Crippen LogP contribution in [0.3, 0.4) is 0 Å². The van der Waals surface area contributed by atoms with Crippen molar-refractivity contribution in [3.8, 4) is 0 Å². The van der Waals surface area contributed by atoms with E-state index in [0.717, 1.165) is 16.7 Å². The predicted molar refractivity (Wildman–Crippen MR) is 72.3 cm³/mol. The van der Waals surface area contributed by atoms with Crippen LogP contribution >= 0.6 is 0 Å². The molecule has 2 aromatic carbocycles. The molecule has 2 atom stereocenters. The zero-order valence-corrected chi connectivity index (χ0v) is 10.7. The number of benzene rings is 2. The Morgan fingerprint density at radius 3 is 2.22 bits per heavy atom. The van der Waals surface area contributed by atoms with Gasteiger partial charge in [-0.1, -0.05) is 60.2 Å². The minimum atomic E-state index is -0.655. The molecular formula is C16H18O2. The number of aryl methyl sites for hydroxylation is 1. The van der Waals surface area contributed by atoms with Gasteiger partial charge in [0.15, 0.2) is 0 Å². The Kier molecular flexibility index (Phi) is 4.13. The van der Waals surface area contributed by atoms with Gasteiger partial charge >= 0.3 is 0 Å². The SMILES string of the molecule is COC(c1ccccc1)C(O)c1cccc(C)c1. The summed E-state index contributed by atoms with van der Waals surface area (Å²) >= 11 is 0. The van der Waals surface area contributed by atoms with Crippen LogP contribution in [-0.2, 0) is 4.74 Å². The summed E-state index contributed by atoms with van der Waals surface area (Å²) in [7, 11) is 1.62. The lowest BCUT2D eigenvalue weighted by atomic mass is 9.97. The number of hydrogen-bond acceptors (Lipinski definition) is 2. The lowest BCUT2D eigenvalue weighted by Gasteiger charge is -2.22. The Hall–Kier alpha value is -1.64. The van der Waals surface area contributed by atoms with Crippen molar-refractivity contribution < 1.29 is 9.84 Å². The highest BCUT2D eigenvalue weighted by Gasteiger charge is 2.22. The Morgan fingerprint density at radius 1 is 0.944 bits per heavy atom. The fourth-order valence-electron chi connectivity index (χ4n) is 2.12. The summed E-state index contributed by atoms with van der Waals surface area (Å²) in [5.74, 6) is 0. The smallest absolute Gasteiger partial charge is 0.112 e. The zero-order chi connectivity index (χ0) is 13.0. The van der Waals surface area contributed by atoms with E-state index in [2.05, 4.69) is 0 Å². The quantitative estimate of drug-likeness (QED) is 0.890. The summed E-state index contributed by atoms with van der Waals surface area (Å²) < 4.78 is 5.44. The van der Waals surface area contributed by atoms with Crippen molar-refractivity contribution in [3.63, 3.8) is 0 Å². The van der Waals surface area contributed by atoms with Crippen LogP contribution < -0.4 is 0 Å². The summed E-state index contributed by atoms with van der Waals surface area (Å²) in [6.45, 7) is 2.01. The van der Waals surface area contributed by atoms with Gasteiger partial charge in [0, 0.05) is 7.11 Å². The second-order valence-electron chi connectivity index (χ2n) is 4.43. The van der Waals surface area contributed by atoms with E-state index >= 15 is 0 Å². The highest BCUT2D eigenvalue weighted by atomic mass is 16.5. The second-order valence-corrected chi connectivity index (χ2v) is 4.43. The first-order valence-corrected chi connectivity index (χ1v) is 6.04. The number of aliphatic hydroxyl groups excluding tert-OH is 1. The molecule has 0 saturated carbocycles. The first-order chi connectivity index (χ1) is 8.72. The Bertz CT molecular complexity index is 493. The number of hydrogen-bond donors (Lipinski definition) is 1. The molecule has 0 aliphatic rings. The molecule has 1 N–H and O–H groups in total. The van der Waals surface area contributed by atoms with E-state index < -0.39 is 6.10 Å². The molecule has 0 aliphatic heterocycles. The third kappa shape index (κ3) is 2.78. The van der Waals surface area contributed by atoms with Gasteiger partial charge in [-0.25, -0.2) is 0 Å². The summed E-state index contributed by atoms with van der Waals surface area (Å²) in [6.07, 6.45) is -0.995. The first-order valence-electron chi connectivity index (χ1n) is 6.04. The summed E-state index contributed by atoms with van der Waals surface area (Å²) in [6, 6.07) is 17.7. The Morgan fingerprint density at radius 2 is 1.61 bits per heavy atom. The van der Waals surface area contributed by atoms with Crippen LogP contribution in [0.4, 0.5) is 0 Å². The molecule has 2 rings (SSSR count). The van der Waals surface area contributed by atoms with Crippen LogP contribution in [0.15, 0.2) is 54.6 Å². The Labute approximate surface area is 108 Å². The zero-order valence-electron chi connectivity index (χ0n) is 10.7. The van der Waals surface area contributed by atoms with Crippen LogP contribution in [0.25, 0.3) is 0 Å². The lowest BCUT2D eigenvalue weighted by molar-refractivity contribution is -0.0149. The van der Waals surface area contributed by atoms with Crippen molar-refractivity contribution >= 4 is 0 Å². The van der Waals surface area contributed by atoms with Crippen molar-refractivity contribution in [3.05, 3.63) is 71.3 Å². The van der Waals surface area contributed by atoms with Crippen molar-refractivity contribution in [2.24, 2.45) is 0 Å². The minimum Gasteiger partial charge on any atom is -0.385 e. The molecule has 0 radical (unpaired) electrons. The number of rotatable bonds is 4. The van der Waals surface area contributed by atoms with Crippen molar-refractivity contribution in [2.75, 3.05) is 7.11 Å². The van der Waals surface area contributed by atoms with Gasteiger partial charge in [-0.05, 0) is 18.1 Å². The van der Waals surface area contributed by atoms with Gasteiger partial charge < -0.3 is 9.84 Å². The van der Waals surface area contributed by atoms with Gasteiger partial charge in [-0.3, -0.25) is 0 Å². The molecule has 0 aromatic heterocycles. The van der Waals surface area contributed by atoms with Gasteiger partial charge in [0.05, 0.1) is 0 Å². The molecule has 0 spiro atoms. The van der Waals surface area contributed by atoms with Gasteiger partial charge in [0.1, 0.15) is 12.2 Å². The molecule has 2 unspecified atom stereocenters. The fourth-order valence-corrected chi connectivity index (χ4v) is 2.12. The number of ether oxygens (including phenoxy) is 1. The summed E-state index contributed by atoms with van der Waals surface area (Å²) in [4.78, 5) is 0. The highest BCUT2D eigenvalue weighted by molar-refractivity contribution is 5.28. The monoisotopic (exact) mass is 242 g/mol. The molecule has 0 amide bonds. The second kappa shape index (κ2) is 5.80. The largest absolute Gasteiger partial charge is 0.385 e. The van der Waals surface area contributed by atoms with E-state index in [1.54, 1.807) is 7.11 Å². The summed E-state index contributed by atoms with van der Waals surface area (Å²) in [5, 5.41) is 10.4. The first kappa shape index (κ1) is 12.8. The fraction of sp³-hybridized carbons (Fsp3) is 0.250. The number of methoxy groups -OCH3 is 1. The average Bonchev–Trinajstić information content (AvgIpc) is 2.41. The molecule has 2 heteroatoms. The minimum absolute atomic E-state index is 0.340. The molecule has 0 fully saturated rings. The summed E-state index contributed by atoms with van der Waals surface area (Å²) in [5.41, 5.74) is 2.99. The maximum absolute atomic E-state index is 10.4. The molecule has 0 aliphatic carbocycles. The van der Waals surface area contributed by atoms with Gasteiger partial charge in [-0.2, -0.15) is 0 Å². The molecular weight excluding hydrogens is 224 g/mol. The van der Waals surface area contributed by atoms with Gasteiger partial charge in [0.25, 0.3) is 0 Å². The third-order valence-corrected chi connectivity index (χ3v) is 3.05. The van der Waals surface area contributed by atoms with Crippen molar-refractivity contribution in [1.29, 1.82) is 0 Å². The predicted octanol–water partition coefficient (Wildman–Crippen LogP) is 3.42. The van der Waals surface area contributed by atoms with Gasteiger partial charge in [-0.15, -0.1) is 0 Å². The molecule has 0 bridgehead atoms.